The topological polar surface area (TPSA) is 95.6 Å². The first-order valence-corrected chi connectivity index (χ1v) is 10.8. The number of carbonyl (C=O) groups excluding carboxylic acids is 2. The van der Waals surface area contributed by atoms with E-state index in [1.54, 1.807) is 0 Å². The van der Waals surface area contributed by atoms with Gasteiger partial charge in [-0.1, -0.05) is 30.3 Å². The van der Waals surface area contributed by atoms with Crippen LogP contribution in [-0.4, -0.2) is 61.9 Å². The highest BCUT2D eigenvalue weighted by atomic mass is 32.2. The Balaban J connectivity index is 1.45. The molecule has 2 N–H and O–H groups in total. The second-order valence-electron chi connectivity index (χ2n) is 7.08. The van der Waals surface area contributed by atoms with Gasteiger partial charge >= 0.3 is 6.03 Å². The van der Waals surface area contributed by atoms with Gasteiger partial charge in [0.15, 0.2) is 9.84 Å². The van der Waals surface area contributed by atoms with Gasteiger partial charge in [0, 0.05) is 12.1 Å². The Morgan fingerprint density at radius 1 is 1.15 bits per heavy atom. The van der Waals surface area contributed by atoms with Gasteiger partial charge in [-0.05, 0) is 37.8 Å². The lowest BCUT2D eigenvalue weighted by Crippen LogP contribution is -2.48. The SMILES string of the molecule is O=C(CN1CCC[C@H]1Cc1ccccc1)NC(=O)N[C@H]1CCS(=O)(=O)C1. The number of hydrogen-bond donors (Lipinski definition) is 2. The van der Waals surface area contributed by atoms with Crippen molar-refractivity contribution in [2.45, 2.75) is 37.8 Å². The monoisotopic (exact) mass is 379 g/mol. The summed E-state index contributed by atoms with van der Waals surface area (Å²) in [6.07, 6.45) is 3.36. The number of sulfone groups is 1. The normalized spacial score (nSPS) is 25.1. The Morgan fingerprint density at radius 3 is 2.62 bits per heavy atom. The summed E-state index contributed by atoms with van der Waals surface area (Å²) < 4.78 is 22.8. The van der Waals surface area contributed by atoms with Crippen LogP contribution >= 0.6 is 0 Å². The molecule has 142 valence electrons. The van der Waals surface area contributed by atoms with Crippen molar-refractivity contribution in [1.82, 2.24) is 15.5 Å². The molecule has 2 saturated heterocycles. The molecule has 3 rings (SSSR count). The lowest BCUT2D eigenvalue weighted by Gasteiger charge is -2.24. The van der Waals surface area contributed by atoms with Crippen molar-refractivity contribution in [1.29, 1.82) is 0 Å². The molecule has 2 fully saturated rings. The number of likely N-dealkylation sites (tertiary alicyclic amines) is 1. The maximum atomic E-state index is 12.2. The summed E-state index contributed by atoms with van der Waals surface area (Å²) in [5.74, 6) is -0.330. The predicted octanol–water partition coefficient (Wildman–Crippen LogP) is 0.706. The van der Waals surface area contributed by atoms with Crippen molar-refractivity contribution < 1.29 is 18.0 Å². The van der Waals surface area contributed by atoms with Crippen LogP contribution in [0.2, 0.25) is 0 Å². The lowest BCUT2D eigenvalue weighted by atomic mass is 10.0. The van der Waals surface area contributed by atoms with Crippen LogP contribution in [0, 0.1) is 0 Å². The van der Waals surface area contributed by atoms with Gasteiger partial charge in [-0.25, -0.2) is 13.2 Å². The van der Waals surface area contributed by atoms with Crippen LogP contribution in [0.5, 0.6) is 0 Å². The summed E-state index contributed by atoms with van der Waals surface area (Å²) in [7, 11) is -3.06. The minimum atomic E-state index is -3.06. The molecule has 7 nitrogen and oxygen atoms in total. The van der Waals surface area contributed by atoms with Gasteiger partial charge in [0.1, 0.15) is 0 Å². The Morgan fingerprint density at radius 2 is 1.92 bits per heavy atom. The first kappa shape index (κ1) is 18.8. The molecule has 1 aromatic rings. The average molecular weight is 379 g/mol. The Bertz CT molecular complexity index is 751. The minimum Gasteiger partial charge on any atom is -0.334 e. The molecule has 0 saturated carbocycles. The van der Waals surface area contributed by atoms with Crippen molar-refractivity contribution >= 4 is 21.8 Å². The van der Waals surface area contributed by atoms with E-state index in [0.29, 0.717) is 12.5 Å². The summed E-state index contributed by atoms with van der Waals surface area (Å²) in [6, 6.07) is 9.44. The third kappa shape index (κ3) is 5.28. The van der Waals surface area contributed by atoms with E-state index in [2.05, 4.69) is 27.7 Å². The van der Waals surface area contributed by atoms with E-state index >= 15 is 0 Å². The zero-order valence-corrected chi connectivity index (χ0v) is 15.5. The van der Waals surface area contributed by atoms with E-state index in [4.69, 9.17) is 0 Å². The second-order valence-corrected chi connectivity index (χ2v) is 9.31. The van der Waals surface area contributed by atoms with E-state index < -0.39 is 21.9 Å². The molecular formula is C18H25N3O4S. The zero-order valence-electron chi connectivity index (χ0n) is 14.7. The summed E-state index contributed by atoms with van der Waals surface area (Å²) in [5, 5.41) is 4.89. The molecule has 8 heteroatoms. The molecule has 1 aromatic carbocycles. The number of urea groups is 1. The predicted molar refractivity (Wildman–Crippen MR) is 98.5 cm³/mol. The molecule has 2 aliphatic heterocycles. The Kier molecular flexibility index (Phi) is 5.93. The number of amides is 3. The van der Waals surface area contributed by atoms with Gasteiger partial charge in [-0.2, -0.15) is 0 Å². The van der Waals surface area contributed by atoms with Crippen molar-refractivity contribution in [2.24, 2.45) is 0 Å². The van der Waals surface area contributed by atoms with Crippen LogP contribution in [0.15, 0.2) is 30.3 Å². The largest absolute Gasteiger partial charge is 0.334 e. The first-order chi connectivity index (χ1) is 12.4. The number of carbonyl (C=O) groups is 2. The number of hydrogen-bond acceptors (Lipinski definition) is 5. The van der Waals surface area contributed by atoms with Gasteiger partial charge in [0.2, 0.25) is 5.91 Å². The molecular weight excluding hydrogens is 354 g/mol. The van der Waals surface area contributed by atoms with Crippen LogP contribution < -0.4 is 10.6 Å². The van der Waals surface area contributed by atoms with Crippen molar-refractivity contribution in [3.05, 3.63) is 35.9 Å². The third-order valence-corrected chi connectivity index (χ3v) is 6.75. The highest BCUT2D eigenvalue weighted by Crippen LogP contribution is 2.20. The highest BCUT2D eigenvalue weighted by Gasteiger charge is 2.30. The summed E-state index contributed by atoms with van der Waals surface area (Å²) in [5.41, 5.74) is 1.24. The van der Waals surface area contributed by atoms with Crippen molar-refractivity contribution in [2.75, 3.05) is 24.6 Å². The van der Waals surface area contributed by atoms with E-state index in [0.717, 1.165) is 25.8 Å². The minimum absolute atomic E-state index is 0.0557. The Labute approximate surface area is 154 Å². The van der Waals surface area contributed by atoms with E-state index in [1.165, 1.54) is 5.56 Å². The molecule has 0 spiro atoms. The Hall–Kier alpha value is -1.93. The van der Waals surface area contributed by atoms with Gasteiger partial charge in [0.25, 0.3) is 0 Å². The highest BCUT2D eigenvalue weighted by molar-refractivity contribution is 7.91. The van der Waals surface area contributed by atoms with Crippen LogP contribution in [0.1, 0.15) is 24.8 Å². The van der Waals surface area contributed by atoms with Crippen LogP contribution in [0.4, 0.5) is 4.79 Å². The van der Waals surface area contributed by atoms with Crippen molar-refractivity contribution in [3.8, 4) is 0 Å². The fourth-order valence-electron chi connectivity index (χ4n) is 3.70. The number of nitrogens with one attached hydrogen (secondary N) is 2. The maximum absolute atomic E-state index is 12.2. The number of nitrogens with zero attached hydrogens (tertiary/aromatic N) is 1. The zero-order chi connectivity index (χ0) is 18.6. The molecule has 0 aliphatic carbocycles. The molecule has 3 amide bonds. The van der Waals surface area contributed by atoms with Crippen molar-refractivity contribution in [3.63, 3.8) is 0 Å². The van der Waals surface area contributed by atoms with Gasteiger partial charge < -0.3 is 5.32 Å². The van der Waals surface area contributed by atoms with E-state index in [1.807, 2.05) is 18.2 Å². The maximum Gasteiger partial charge on any atom is 0.321 e. The summed E-state index contributed by atoms with van der Waals surface area (Å²) in [6.45, 7) is 1.02. The quantitative estimate of drug-likeness (QED) is 0.785. The molecule has 0 radical (unpaired) electrons. The molecule has 0 unspecified atom stereocenters. The number of benzene rings is 1. The van der Waals surface area contributed by atoms with Crippen LogP contribution in [0.25, 0.3) is 0 Å². The molecule has 26 heavy (non-hydrogen) atoms. The van der Waals surface area contributed by atoms with Gasteiger partial charge in [0.05, 0.1) is 18.1 Å². The number of imide groups is 1. The van der Waals surface area contributed by atoms with Gasteiger partial charge in [-0.3, -0.25) is 15.0 Å². The van der Waals surface area contributed by atoms with E-state index in [-0.39, 0.29) is 24.0 Å². The standard InChI is InChI=1S/C18H25N3O4S/c22-17(20-18(23)19-15-8-10-26(24,25)13-15)12-21-9-4-7-16(21)11-14-5-2-1-3-6-14/h1-3,5-6,15-16H,4,7-13H2,(H2,19,20,22,23)/t15-,16-/m0/s1. The smallest absolute Gasteiger partial charge is 0.321 e. The molecule has 2 aliphatic rings. The summed E-state index contributed by atoms with van der Waals surface area (Å²) in [4.78, 5) is 26.2. The first-order valence-electron chi connectivity index (χ1n) is 9.00. The van der Waals surface area contributed by atoms with Crippen LogP contribution in [-0.2, 0) is 21.1 Å². The average Bonchev–Trinajstić information content (AvgIpc) is 3.14. The fourth-order valence-corrected chi connectivity index (χ4v) is 5.37. The van der Waals surface area contributed by atoms with E-state index in [9.17, 15) is 18.0 Å². The lowest BCUT2D eigenvalue weighted by molar-refractivity contribution is -0.121. The molecule has 2 heterocycles. The molecule has 0 aromatic heterocycles. The molecule has 2 atom stereocenters. The molecule has 0 bridgehead atoms. The van der Waals surface area contributed by atoms with Crippen LogP contribution in [0.3, 0.4) is 0 Å². The fraction of sp³-hybridized carbons (Fsp3) is 0.556. The third-order valence-electron chi connectivity index (χ3n) is 4.98. The number of rotatable bonds is 5. The summed E-state index contributed by atoms with van der Waals surface area (Å²) >= 11 is 0. The van der Waals surface area contributed by atoms with Gasteiger partial charge in [-0.15, -0.1) is 0 Å². The second kappa shape index (κ2) is 8.18.